The van der Waals surface area contributed by atoms with Crippen LogP contribution in [0.25, 0.3) is 0 Å². The van der Waals surface area contributed by atoms with Gasteiger partial charge in [0.1, 0.15) is 0 Å². The molecule has 0 unspecified atom stereocenters. The first-order valence-corrected chi connectivity index (χ1v) is 8.64. The van der Waals surface area contributed by atoms with Crippen LogP contribution < -0.4 is 0 Å². The van der Waals surface area contributed by atoms with E-state index in [1.807, 2.05) is 0 Å². The normalized spacial score (nSPS) is 10.7. The molecule has 0 heterocycles. The Labute approximate surface area is 161 Å². The molecule has 130 valence electrons. The molecule has 0 saturated carbocycles. The van der Waals surface area contributed by atoms with Crippen LogP contribution in [-0.4, -0.2) is 11.1 Å². The van der Waals surface area contributed by atoms with Crippen LogP contribution in [-0.2, 0) is 4.79 Å². The van der Waals surface area contributed by atoms with Crippen LogP contribution in [0.15, 0.2) is 12.2 Å². The van der Waals surface area contributed by atoms with Crippen molar-refractivity contribution in [2.75, 3.05) is 0 Å². The Morgan fingerprint density at radius 1 is 0.762 bits per heavy atom. The molecule has 0 aromatic heterocycles. The molecule has 0 saturated heterocycles. The van der Waals surface area contributed by atoms with Gasteiger partial charge in [-0.25, -0.2) is 0 Å². The van der Waals surface area contributed by atoms with Gasteiger partial charge in [-0.3, -0.25) is 4.79 Å². The number of hydrogen-bond donors (Lipinski definition) is 1. The maximum absolute atomic E-state index is 10.3. The molecular formula is C18H34ErO2. The third kappa shape index (κ3) is 22.9. The largest absolute Gasteiger partial charge is 0.481 e. The van der Waals surface area contributed by atoms with E-state index in [0.29, 0.717) is 6.42 Å². The predicted octanol–water partition coefficient (Wildman–Crippen LogP) is 6.11. The maximum atomic E-state index is 10.3. The van der Waals surface area contributed by atoms with E-state index in [0.717, 1.165) is 12.8 Å². The topological polar surface area (TPSA) is 37.3 Å². The quantitative estimate of drug-likeness (QED) is 0.242. The maximum Gasteiger partial charge on any atom is 0.303 e. The van der Waals surface area contributed by atoms with Crippen LogP contribution in [0.3, 0.4) is 0 Å². The van der Waals surface area contributed by atoms with Crippen molar-refractivity contribution in [1.82, 2.24) is 0 Å². The van der Waals surface area contributed by atoms with Crippen LogP contribution >= 0.6 is 0 Å². The van der Waals surface area contributed by atoms with Gasteiger partial charge in [0.25, 0.3) is 0 Å². The molecule has 0 aromatic carbocycles. The fourth-order valence-electron chi connectivity index (χ4n) is 2.35. The molecule has 0 fully saturated rings. The number of carboxylic acid groups (broad SMARTS) is 1. The second-order valence-corrected chi connectivity index (χ2v) is 5.73. The van der Waals surface area contributed by atoms with Gasteiger partial charge in [0.05, 0.1) is 0 Å². The Morgan fingerprint density at radius 3 is 1.67 bits per heavy atom. The number of aliphatic carboxylic acids is 1. The van der Waals surface area contributed by atoms with E-state index in [2.05, 4.69) is 19.1 Å². The summed E-state index contributed by atoms with van der Waals surface area (Å²) in [7, 11) is 0. The monoisotopic (exact) mass is 448 g/mol. The number of allylic oxidation sites excluding steroid dienone is 2. The molecule has 1 N–H and O–H groups in total. The van der Waals surface area contributed by atoms with Crippen LogP contribution in [0.1, 0.15) is 96.8 Å². The van der Waals surface area contributed by atoms with Gasteiger partial charge in [0.15, 0.2) is 0 Å². The Balaban J connectivity index is 0. The zero-order valence-electron chi connectivity index (χ0n) is 13.7. The first-order valence-electron chi connectivity index (χ1n) is 8.64. The summed E-state index contributed by atoms with van der Waals surface area (Å²) in [5, 5.41) is 8.51. The SMILES string of the molecule is CCCCCCCCC=CCCCCCCCC(=O)O.[Er]. The van der Waals surface area contributed by atoms with Crippen LogP contribution in [0.2, 0.25) is 0 Å². The van der Waals surface area contributed by atoms with Gasteiger partial charge >= 0.3 is 5.97 Å². The van der Waals surface area contributed by atoms with E-state index in [4.69, 9.17) is 5.11 Å². The molecule has 0 spiro atoms. The molecule has 2 nitrogen and oxygen atoms in total. The molecule has 0 atom stereocenters. The molecule has 0 bridgehead atoms. The van der Waals surface area contributed by atoms with Gasteiger partial charge in [-0.2, -0.15) is 0 Å². The standard InChI is InChI=1S/C18H34O2.Er/c1-2-3-4-5-6-7-8-9-10-11-12-13-14-15-16-17-18(19)20;/h9-10H,2-8,11-17H2,1H3,(H,19,20);. The fraction of sp³-hybridized carbons (Fsp3) is 0.833. The van der Waals surface area contributed by atoms with Crippen molar-refractivity contribution in [3.05, 3.63) is 12.2 Å². The number of rotatable bonds is 15. The van der Waals surface area contributed by atoms with E-state index in [1.165, 1.54) is 70.6 Å². The number of carbonyl (C=O) groups is 1. The summed E-state index contributed by atoms with van der Waals surface area (Å²) in [6, 6.07) is 0. The van der Waals surface area contributed by atoms with Gasteiger partial charge in [-0.1, -0.05) is 70.4 Å². The van der Waals surface area contributed by atoms with Crippen molar-refractivity contribution in [1.29, 1.82) is 0 Å². The number of carboxylic acids is 1. The van der Waals surface area contributed by atoms with Gasteiger partial charge in [-0.05, 0) is 32.1 Å². The Morgan fingerprint density at radius 2 is 1.19 bits per heavy atom. The van der Waals surface area contributed by atoms with E-state index >= 15 is 0 Å². The van der Waals surface area contributed by atoms with Gasteiger partial charge < -0.3 is 5.11 Å². The zero-order chi connectivity index (χ0) is 14.9. The van der Waals surface area contributed by atoms with E-state index in [-0.39, 0.29) is 37.3 Å². The van der Waals surface area contributed by atoms with Crippen LogP contribution in [0, 0.1) is 37.3 Å². The molecule has 0 radical (unpaired) electrons. The molecule has 3 heteroatoms. The average Bonchev–Trinajstić information content (AvgIpc) is 2.43. The summed E-state index contributed by atoms with van der Waals surface area (Å²) in [5.74, 6) is -0.664. The van der Waals surface area contributed by atoms with Crippen molar-refractivity contribution in [2.45, 2.75) is 96.8 Å². The third-order valence-electron chi connectivity index (χ3n) is 3.65. The Bertz CT molecular complexity index is 239. The summed E-state index contributed by atoms with van der Waals surface area (Å²) in [5.41, 5.74) is 0. The summed E-state index contributed by atoms with van der Waals surface area (Å²) >= 11 is 0. The van der Waals surface area contributed by atoms with Crippen molar-refractivity contribution < 1.29 is 47.2 Å². The summed E-state index contributed by atoms with van der Waals surface area (Å²) < 4.78 is 0. The minimum atomic E-state index is -0.664. The van der Waals surface area contributed by atoms with E-state index in [9.17, 15) is 4.79 Å². The molecule has 0 aliphatic heterocycles. The van der Waals surface area contributed by atoms with Crippen molar-refractivity contribution in [2.24, 2.45) is 0 Å². The average molecular weight is 450 g/mol. The Hall–Kier alpha value is 0.457. The van der Waals surface area contributed by atoms with Gasteiger partial charge in [-0.15, -0.1) is 0 Å². The van der Waals surface area contributed by atoms with Crippen LogP contribution in [0.4, 0.5) is 0 Å². The third-order valence-corrected chi connectivity index (χ3v) is 3.65. The molecular weight excluding hydrogens is 415 g/mol. The number of hydrogen-bond acceptors (Lipinski definition) is 1. The fourth-order valence-corrected chi connectivity index (χ4v) is 2.35. The zero-order valence-corrected chi connectivity index (χ0v) is 15.6. The smallest absolute Gasteiger partial charge is 0.303 e. The molecule has 0 aliphatic carbocycles. The predicted molar refractivity (Wildman–Crippen MR) is 87.1 cm³/mol. The molecule has 0 amide bonds. The number of unbranched alkanes of at least 4 members (excludes halogenated alkanes) is 11. The van der Waals surface area contributed by atoms with Crippen molar-refractivity contribution >= 4 is 5.97 Å². The van der Waals surface area contributed by atoms with Crippen molar-refractivity contribution in [3.63, 3.8) is 0 Å². The van der Waals surface area contributed by atoms with Crippen molar-refractivity contribution in [3.8, 4) is 0 Å². The first-order chi connectivity index (χ1) is 9.77. The Kier molecular flexibility index (Phi) is 23.1. The van der Waals surface area contributed by atoms with E-state index in [1.54, 1.807) is 0 Å². The molecule has 0 aliphatic rings. The minimum Gasteiger partial charge on any atom is -0.481 e. The molecule has 0 rings (SSSR count). The first kappa shape index (κ1) is 23.7. The molecule has 21 heavy (non-hydrogen) atoms. The summed E-state index contributed by atoms with van der Waals surface area (Å²) in [6.07, 6.45) is 21.2. The second kappa shape index (κ2) is 20.5. The minimum absolute atomic E-state index is 0. The molecule has 0 aromatic rings. The second-order valence-electron chi connectivity index (χ2n) is 5.73. The van der Waals surface area contributed by atoms with Gasteiger partial charge in [0.2, 0.25) is 0 Å². The summed E-state index contributed by atoms with van der Waals surface area (Å²) in [4.78, 5) is 10.3. The van der Waals surface area contributed by atoms with Gasteiger partial charge in [0, 0.05) is 43.7 Å². The summed E-state index contributed by atoms with van der Waals surface area (Å²) in [6.45, 7) is 2.26. The van der Waals surface area contributed by atoms with E-state index < -0.39 is 5.97 Å². The van der Waals surface area contributed by atoms with Crippen LogP contribution in [0.5, 0.6) is 0 Å².